The summed E-state index contributed by atoms with van der Waals surface area (Å²) in [5, 5.41) is 8.63. The lowest BCUT2D eigenvalue weighted by atomic mass is 9.92. The second kappa shape index (κ2) is 10.5. The number of hydrogen-bond acceptors (Lipinski definition) is 3. The first-order valence-corrected chi connectivity index (χ1v) is 10.7. The van der Waals surface area contributed by atoms with E-state index in [9.17, 15) is 9.59 Å². The van der Waals surface area contributed by atoms with Gasteiger partial charge in [-0.2, -0.15) is 0 Å². The monoisotopic (exact) mass is 446 g/mol. The van der Waals surface area contributed by atoms with Crippen LogP contribution in [0.15, 0.2) is 73.1 Å². The summed E-state index contributed by atoms with van der Waals surface area (Å²) < 4.78 is 6.96. The molecule has 0 bridgehead atoms. The normalized spacial score (nSPS) is 12.5. The number of nitrogens with zero attached hydrogens (tertiary/aromatic N) is 1. The smallest absolute Gasteiger partial charge is 0.311 e. The summed E-state index contributed by atoms with van der Waals surface area (Å²) in [6, 6.07) is 18.3. The Morgan fingerprint density at radius 1 is 1.03 bits per heavy atom. The molecule has 0 spiro atoms. The molecule has 170 valence electrons. The second-order valence-corrected chi connectivity index (χ2v) is 8.08. The van der Waals surface area contributed by atoms with Crippen LogP contribution < -0.4 is 21.0 Å². The van der Waals surface area contributed by atoms with Crippen molar-refractivity contribution >= 4 is 17.7 Å². The van der Waals surface area contributed by atoms with Gasteiger partial charge in [0.2, 0.25) is 0 Å². The largest absolute Gasteiger partial charge is 0.469 e. The molecule has 1 heterocycles. The number of benzene rings is 2. The summed E-state index contributed by atoms with van der Waals surface area (Å²) in [6.07, 6.45) is 4.32. The molecule has 7 nitrogen and oxygen atoms in total. The number of aromatic nitrogens is 1. The van der Waals surface area contributed by atoms with Gasteiger partial charge in [-0.05, 0) is 54.3 Å². The molecule has 0 aliphatic heterocycles. The number of methoxy groups -OCH3 is 1. The van der Waals surface area contributed by atoms with Gasteiger partial charge in [0.1, 0.15) is 7.05 Å². The highest BCUT2D eigenvalue weighted by molar-refractivity contribution is 5.95. The van der Waals surface area contributed by atoms with Gasteiger partial charge in [-0.3, -0.25) is 20.7 Å². The number of pyridine rings is 1. The van der Waals surface area contributed by atoms with Gasteiger partial charge in [0.05, 0.1) is 18.6 Å². The Labute approximate surface area is 193 Å². The topological polar surface area (TPSA) is 111 Å². The van der Waals surface area contributed by atoms with Gasteiger partial charge < -0.3 is 10.1 Å². The van der Waals surface area contributed by atoms with Crippen LogP contribution in [-0.4, -0.2) is 30.9 Å². The minimum absolute atomic E-state index is 0.209. The number of ether oxygens (including phenoxy) is 1. The number of rotatable bonds is 8. The van der Waals surface area contributed by atoms with E-state index in [1.165, 1.54) is 7.11 Å². The minimum Gasteiger partial charge on any atom is -0.469 e. The van der Waals surface area contributed by atoms with E-state index in [1.807, 2.05) is 66.5 Å². The molecule has 0 aliphatic rings. The third-order valence-electron chi connectivity index (χ3n) is 5.64. The molecule has 0 radical (unpaired) electrons. The predicted molar refractivity (Wildman–Crippen MR) is 126 cm³/mol. The van der Waals surface area contributed by atoms with E-state index in [1.54, 1.807) is 25.1 Å². The molecule has 1 amide bonds. The van der Waals surface area contributed by atoms with Gasteiger partial charge >= 0.3 is 5.97 Å². The van der Waals surface area contributed by atoms with Crippen LogP contribution in [0, 0.1) is 5.92 Å². The lowest BCUT2D eigenvalue weighted by molar-refractivity contribution is -0.671. The number of nitrogens with one attached hydrogen (secondary N) is 1. The number of esters is 1. The number of carbonyl (C=O) groups is 2. The average Bonchev–Trinajstić information content (AvgIpc) is 2.82. The Morgan fingerprint density at radius 2 is 1.67 bits per heavy atom. The third-order valence-corrected chi connectivity index (χ3v) is 5.64. The Balaban J connectivity index is 1.72. The molecule has 7 heteroatoms. The highest BCUT2D eigenvalue weighted by atomic mass is 16.5. The van der Waals surface area contributed by atoms with Crippen molar-refractivity contribution in [3.05, 3.63) is 89.7 Å². The van der Waals surface area contributed by atoms with Crippen LogP contribution in [0.4, 0.5) is 0 Å². The first kappa shape index (κ1) is 23.7. The van der Waals surface area contributed by atoms with Gasteiger partial charge in [-0.1, -0.05) is 24.3 Å². The number of hydrogen-bond donors (Lipinski definition) is 3. The zero-order valence-electron chi connectivity index (χ0n) is 19.1. The molecule has 0 aliphatic carbocycles. The Kier molecular flexibility index (Phi) is 7.56. The van der Waals surface area contributed by atoms with Crippen molar-refractivity contribution in [1.29, 1.82) is 0 Å². The van der Waals surface area contributed by atoms with Crippen LogP contribution in [0.1, 0.15) is 28.4 Å². The van der Waals surface area contributed by atoms with Crippen molar-refractivity contribution in [3.8, 4) is 11.1 Å². The van der Waals surface area contributed by atoms with E-state index in [0.717, 1.165) is 16.7 Å². The molecular weight excluding hydrogens is 416 g/mol. The summed E-state index contributed by atoms with van der Waals surface area (Å²) in [4.78, 5) is 25.3. The SMILES string of the molecule is COC(=O)C(Cc1cccc(C(N)=[NH2+])c1)C(C)NC(=O)c1ccc(-c2cc[n+](C)cc2)cc1. The number of nitrogens with two attached hydrogens (primary N) is 2. The Morgan fingerprint density at radius 3 is 2.27 bits per heavy atom. The summed E-state index contributed by atoms with van der Waals surface area (Å²) in [5.41, 5.74) is 9.86. The van der Waals surface area contributed by atoms with E-state index < -0.39 is 17.9 Å². The first-order valence-electron chi connectivity index (χ1n) is 10.7. The van der Waals surface area contributed by atoms with Gasteiger partial charge in [0.25, 0.3) is 11.7 Å². The second-order valence-electron chi connectivity index (χ2n) is 8.08. The van der Waals surface area contributed by atoms with E-state index in [0.29, 0.717) is 17.5 Å². The van der Waals surface area contributed by atoms with Crippen LogP contribution in [0.3, 0.4) is 0 Å². The molecule has 2 atom stereocenters. The van der Waals surface area contributed by atoms with Crippen LogP contribution in [0.25, 0.3) is 11.1 Å². The fraction of sp³-hybridized carbons (Fsp3) is 0.231. The maximum atomic E-state index is 12.9. The van der Waals surface area contributed by atoms with Crippen LogP contribution in [0.2, 0.25) is 0 Å². The number of amidine groups is 1. The van der Waals surface area contributed by atoms with E-state index in [2.05, 4.69) is 5.32 Å². The van der Waals surface area contributed by atoms with Gasteiger partial charge in [-0.15, -0.1) is 0 Å². The number of aryl methyl sites for hydroxylation is 1. The molecule has 33 heavy (non-hydrogen) atoms. The van der Waals surface area contributed by atoms with Crippen molar-refractivity contribution < 1.29 is 24.3 Å². The molecule has 3 rings (SSSR count). The van der Waals surface area contributed by atoms with Crippen molar-refractivity contribution in [3.63, 3.8) is 0 Å². The van der Waals surface area contributed by atoms with Crippen LogP contribution >= 0.6 is 0 Å². The molecule has 5 N–H and O–H groups in total. The molecule has 0 fully saturated rings. The molecule has 2 unspecified atom stereocenters. The highest BCUT2D eigenvalue weighted by Crippen LogP contribution is 2.20. The van der Waals surface area contributed by atoms with Gasteiger partial charge in [0, 0.05) is 23.7 Å². The summed E-state index contributed by atoms with van der Waals surface area (Å²) in [7, 11) is 3.30. The Hall–Kier alpha value is -4.00. The van der Waals surface area contributed by atoms with Crippen LogP contribution in [0.5, 0.6) is 0 Å². The van der Waals surface area contributed by atoms with Crippen molar-refractivity contribution in [2.45, 2.75) is 19.4 Å². The summed E-state index contributed by atoms with van der Waals surface area (Å²) in [5.74, 6) is -1.01. The van der Waals surface area contributed by atoms with E-state index in [4.69, 9.17) is 15.9 Å². The third kappa shape index (κ3) is 6.04. The fourth-order valence-electron chi connectivity index (χ4n) is 3.65. The van der Waals surface area contributed by atoms with Gasteiger partial charge in [-0.25, -0.2) is 4.57 Å². The van der Waals surface area contributed by atoms with Crippen molar-refractivity contribution in [2.24, 2.45) is 18.7 Å². The number of amides is 1. The maximum absolute atomic E-state index is 12.9. The number of carbonyl (C=O) groups excluding carboxylic acids is 2. The highest BCUT2D eigenvalue weighted by Gasteiger charge is 2.28. The molecule has 2 aromatic carbocycles. The first-order chi connectivity index (χ1) is 15.8. The molecule has 1 aromatic heterocycles. The molecule has 3 aromatic rings. The molecule has 0 saturated carbocycles. The zero-order valence-corrected chi connectivity index (χ0v) is 19.1. The minimum atomic E-state index is -0.572. The fourth-order valence-corrected chi connectivity index (χ4v) is 3.65. The molecule has 0 saturated heterocycles. The quantitative estimate of drug-likeness (QED) is 0.206. The predicted octanol–water partition coefficient (Wildman–Crippen LogP) is 0.793. The van der Waals surface area contributed by atoms with Crippen molar-refractivity contribution in [1.82, 2.24) is 5.32 Å². The maximum Gasteiger partial charge on any atom is 0.311 e. The summed E-state index contributed by atoms with van der Waals surface area (Å²) in [6.45, 7) is 1.80. The van der Waals surface area contributed by atoms with E-state index >= 15 is 0 Å². The van der Waals surface area contributed by atoms with Crippen molar-refractivity contribution in [2.75, 3.05) is 7.11 Å². The Bertz CT molecular complexity index is 1140. The molecular formula is C26H30N4O3+2. The lowest BCUT2D eigenvalue weighted by Crippen LogP contribution is -2.46. The van der Waals surface area contributed by atoms with Gasteiger partial charge in [0.15, 0.2) is 12.4 Å². The zero-order chi connectivity index (χ0) is 24.0. The van der Waals surface area contributed by atoms with E-state index in [-0.39, 0.29) is 11.7 Å². The average molecular weight is 447 g/mol. The summed E-state index contributed by atoms with van der Waals surface area (Å²) >= 11 is 0. The standard InChI is InChI=1S/C26H28N4O3/c1-17(23(26(32)33-3)16-18-5-4-6-22(15-18)24(27)28)29-25(31)21-9-7-19(8-10-21)20-11-13-30(2)14-12-20/h4-15,17,23H,16H2,1-3H3,(H3-,27,28,29,31)/p+2. The lowest BCUT2D eigenvalue weighted by Gasteiger charge is -2.23. The van der Waals surface area contributed by atoms with Crippen LogP contribution in [-0.2, 0) is 23.0 Å².